The number of likely N-dealkylation sites (tertiary alicyclic amines) is 1. The molecule has 560 valence electrons. The summed E-state index contributed by atoms with van der Waals surface area (Å²) in [6, 6.07) is 8.61. The number of nitrogens with one attached hydrogen (secondary N) is 9. The number of ether oxygens (including phenoxy) is 3. The lowest BCUT2D eigenvalue weighted by molar-refractivity contribution is -0.148. The Labute approximate surface area is 600 Å². The number of nitrogens with two attached hydrogens (primary N) is 1. The van der Waals surface area contributed by atoms with Gasteiger partial charge in [0.25, 0.3) is 5.91 Å². The van der Waals surface area contributed by atoms with Crippen molar-refractivity contribution in [3.8, 4) is 0 Å². The second-order valence-corrected chi connectivity index (χ2v) is 29.5. The normalized spacial score (nSPS) is 16.0. The van der Waals surface area contributed by atoms with Crippen LogP contribution >= 0.6 is 11.3 Å². The monoisotopic (exact) mass is 1460 g/mol. The van der Waals surface area contributed by atoms with Gasteiger partial charge < -0.3 is 77.6 Å². The minimum atomic E-state index is -3.76. The summed E-state index contributed by atoms with van der Waals surface area (Å²) < 4.78 is 41.2. The average molecular weight is 1460 g/mol. The number of anilines is 1. The zero-order chi connectivity index (χ0) is 75.8. The summed E-state index contributed by atoms with van der Waals surface area (Å²) in [4.78, 5) is 164. The van der Waals surface area contributed by atoms with Crippen molar-refractivity contribution in [2.24, 2.45) is 29.4 Å². The summed E-state index contributed by atoms with van der Waals surface area (Å²) >= 11 is 1.46. The maximum absolute atomic E-state index is 14.8. The zero-order valence-corrected chi connectivity index (χ0v) is 62.1. The molecule has 1 aliphatic heterocycles. The molecule has 1 fully saturated rings. The summed E-state index contributed by atoms with van der Waals surface area (Å²) in [5.41, 5.74) is 5.22. The number of hydrogen-bond acceptors (Lipinski definition) is 20. The van der Waals surface area contributed by atoms with Gasteiger partial charge in [0.15, 0.2) is 0 Å². The van der Waals surface area contributed by atoms with E-state index in [1.807, 2.05) is 49.6 Å². The number of sulfone groups is 1. The first kappa shape index (κ1) is 83.5. The number of carbonyl (C=O) groups excluding carboxylic acids is 11. The van der Waals surface area contributed by atoms with Crippen LogP contribution in [0.2, 0.25) is 0 Å². The minimum Gasteiger partial charge on any atom is -0.445 e. The van der Waals surface area contributed by atoms with Gasteiger partial charge in [-0.2, -0.15) is 0 Å². The fraction of sp³-hybridized carbons (Fsp3) is 0.565. The molecule has 0 spiro atoms. The molecule has 0 aliphatic carbocycles. The van der Waals surface area contributed by atoms with Crippen molar-refractivity contribution in [2.45, 2.75) is 186 Å². The molecule has 5 rings (SSSR count). The molecule has 31 nitrogen and oxygen atoms in total. The molecule has 33 heteroatoms. The second kappa shape index (κ2) is 39.3. The van der Waals surface area contributed by atoms with E-state index in [1.54, 1.807) is 72.0 Å². The van der Waals surface area contributed by atoms with Crippen molar-refractivity contribution in [1.29, 1.82) is 0 Å². The summed E-state index contributed by atoms with van der Waals surface area (Å²) in [6.45, 7) is 16.2. The van der Waals surface area contributed by atoms with Crippen LogP contribution in [-0.4, -0.2) is 200 Å². The Kier molecular flexibility index (Phi) is 32.1. The van der Waals surface area contributed by atoms with Crippen LogP contribution in [0, 0.1) is 23.7 Å². The third kappa shape index (κ3) is 24.8. The first-order chi connectivity index (χ1) is 48.1. The lowest BCUT2D eigenvalue weighted by Gasteiger charge is -2.41. The van der Waals surface area contributed by atoms with Gasteiger partial charge in [-0.3, -0.25) is 43.2 Å². The summed E-state index contributed by atoms with van der Waals surface area (Å²) in [5.74, 6) is -7.34. The van der Waals surface area contributed by atoms with Crippen molar-refractivity contribution >= 4 is 92.2 Å². The molecule has 2 aromatic heterocycles. The number of alkyl carbamates (subject to hydrolysis) is 1. The van der Waals surface area contributed by atoms with Gasteiger partial charge in [0.1, 0.15) is 41.3 Å². The van der Waals surface area contributed by atoms with Crippen molar-refractivity contribution < 1.29 is 75.4 Å². The van der Waals surface area contributed by atoms with Crippen molar-refractivity contribution in [3.63, 3.8) is 0 Å². The number of aromatic nitrogens is 3. The summed E-state index contributed by atoms with van der Waals surface area (Å²) in [6.07, 6.45) is 4.60. The van der Waals surface area contributed by atoms with Crippen LogP contribution in [0.25, 0.3) is 0 Å². The zero-order valence-electron chi connectivity index (χ0n) is 60.5. The SMILES string of the molecule is CC[C@H](C)[C@@H]([C@@H](CC(=O)N1CCC[C@H]1[C@H](OC)[C@@H](C)C(=O)N[C@@H](Cc1ccccc1)c1nccs1)OC)N(C)C(=O)[C@@H](NC(=O)C(C)(C)NC(=O)OCc1ccc(NC(=O)[C@H](CCCNC(N)=O)NC(=O)[C@@H](NC(=O)[C@H](CNC(=O)c2cnc(S(C)(=O)=O)nc2)NC(C)=O)C(C)C)cc1)C(C)C. The van der Waals surface area contributed by atoms with E-state index in [4.69, 9.17) is 19.9 Å². The number of amides is 12. The molecule has 12 amide bonds. The smallest absolute Gasteiger partial charge is 0.408 e. The number of carbonyl (C=O) groups is 11. The number of methoxy groups -OCH3 is 2. The maximum Gasteiger partial charge on any atom is 0.408 e. The van der Waals surface area contributed by atoms with Gasteiger partial charge in [0, 0.05) is 83.7 Å². The Balaban J connectivity index is 1.18. The molecular formula is C69H101N15O16S2. The topological polar surface area (TPSA) is 429 Å². The highest BCUT2D eigenvalue weighted by Gasteiger charge is 2.44. The predicted octanol–water partition coefficient (Wildman–Crippen LogP) is 3.45. The van der Waals surface area contributed by atoms with Crippen LogP contribution in [0.3, 0.4) is 0 Å². The Morgan fingerprint density at radius 2 is 1.43 bits per heavy atom. The highest BCUT2D eigenvalue weighted by Crippen LogP contribution is 2.31. The second-order valence-electron chi connectivity index (χ2n) is 26.6. The van der Waals surface area contributed by atoms with Gasteiger partial charge in [-0.25, -0.2) is 33.0 Å². The number of primary amides is 1. The number of urea groups is 1. The standard InChI is InChI=1S/C69H101N15O16S2/c1-15-41(6)56(52(98-12)34-53(86)84-31-20-24-51(84)57(99-13)42(7)58(87)79-49(63-71-30-32-101-63)33-44-21-17-16-18-22-44)83(11)64(92)55(40(4)5)81-65(93)69(9,10)82-68(95)100-38-45-25-27-47(28-26-45)77-60(89)48(23-19-29-72-66(70)94)78-62(91)54(39(2)3)80-61(90)50(76-43(8)85)37-73-59(88)46-35-74-67(75-36-46)102(14,96)97/h16-18,21-22,25-28,30,32,35-36,39-42,48-52,54-57H,15,19-20,23-24,29,31,33-34,37-38H2,1-14H3,(H,73,88)(H,76,85)(H,77,89)(H,78,91)(H,79,87)(H,80,90)(H,81,93)(H,82,95)(H3,70,72,94)/t41-,42+,48-,49-,50-,51-,52+,54-,55-,56-,57+/m0/s1. The molecule has 4 aromatic rings. The number of thiazole rings is 1. The van der Waals surface area contributed by atoms with E-state index in [0.717, 1.165) is 36.1 Å². The van der Waals surface area contributed by atoms with E-state index in [2.05, 4.69) is 62.8 Å². The van der Waals surface area contributed by atoms with Crippen LogP contribution < -0.4 is 53.6 Å². The Bertz CT molecular complexity index is 3610. The molecule has 0 radical (unpaired) electrons. The van der Waals surface area contributed by atoms with E-state index in [9.17, 15) is 61.2 Å². The molecule has 3 heterocycles. The maximum atomic E-state index is 14.8. The molecule has 2 aromatic carbocycles. The van der Waals surface area contributed by atoms with Crippen LogP contribution in [0.4, 0.5) is 15.3 Å². The molecule has 102 heavy (non-hydrogen) atoms. The van der Waals surface area contributed by atoms with Gasteiger partial charge in [-0.05, 0) is 87.0 Å². The third-order valence-corrected chi connectivity index (χ3v) is 19.4. The summed E-state index contributed by atoms with van der Waals surface area (Å²) in [7, 11) is 0.891. The third-order valence-electron chi connectivity index (χ3n) is 17.6. The highest BCUT2D eigenvalue weighted by atomic mass is 32.2. The van der Waals surface area contributed by atoms with E-state index < -0.39 is 147 Å². The van der Waals surface area contributed by atoms with Gasteiger partial charge in [-0.15, -0.1) is 11.3 Å². The van der Waals surface area contributed by atoms with Crippen molar-refractivity contribution in [3.05, 3.63) is 100 Å². The number of hydrogen-bond donors (Lipinski definition) is 10. The number of rotatable bonds is 38. The summed E-state index contributed by atoms with van der Waals surface area (Å²) in [5, 5.41) is 26.0. The largest absolute Gasteiger partial charge is 0.445 e. The lowest BCUT2D eigenvalue weighted by atomic mass is 9.89. The molecule has 1 saturated heterocycles. The Hall–Kier alpha value is -9.21. The highest BCUT2D eigenvalue weighted by molar-refractivity contribution is 7.90. The van der Waals surface area contributed by atoms with Gasteiger partial charge >= 0.3 is 12.1 Å². The quantitative estimate of drug-likeness (QED) is 0.0227. The number of likely N-dealkylation sites (N-methyl/N-ethyl adjacent to an activating group) is 1. The van der Waals surface area contributed by atoms with E-state index >= 15 is 0 Å². The van der Waals surface area contributed by atoms with Gasteiger partial charge in [0.2, 0.25) is 62.3 Å². The van der Waals surface area contributed by atoms with E-state index in [0.29, 0.717) is 37.8 Å². The molecule has 1 aliphatic rings. The molecule has 11 atom stereocenters. The first-order valence-electron chi connectivity index (χ1n) is 33.8. The van der Waals surface area contributed by atoms with Gasteiger partial charge in [-0.1, -0.05) is 97.4 Å². The molecular weight excluding hydrogens is 1360 g/mol. The van der Waals surface area contributed by atoms with Crippen LogP contribution in [0.15, 0.2) is 83.7 Å². The predicted molar refractivity (Wildman–Crippen MR) is 379 cm³/mol. The first-order valence-corrected chi connectivity index (χ1v) is 36.6. The molecule has 0 unspecified atom stereocenters. The van der Waals surface area contributed by atoms with Gasteiger partial charge in [0.05, 0.1) is 48.2 Å². The number of benzene rings is 2. The Morgan fingerprint density at radius 3 is 2.00 bits per heavy atom. The van der Waals surface area contributed by atoms with Crippen molar-refractivity contribution in [1.82, 2.24) is 67.3 Å². The number of nitrogens with zero attached hydrogens (tertiary/aromatic N) is 5. The van der Waals surface area contributed by atoms with Crippen LogP contribution in [0.5, 0.6) is 0 Å². The minimum absolute atomic E-state index is 0.0287. The van der Waals surface area contributed by atoms with E-state index in [1.165, 1.54) is 49.3 Å². The lowest BCUT2D eigenvalue weighted by Crippen LogP contribution is -2.62. The Morgan fingerprint density at radius 1 is 0.775 bits per heavy atom. The molecule has 0 bridgehead atoms. The molecule has 11 N–H and O–H groups in total. The fourth-order valence-electron chi connectivity index (χ4n) is 11.7. The average Bonchev–Trinajstić information content (AvgIpc) is 1.32. The molecule has 0 saturated carbocycles. The fourth-order valence-corrected chi connectivity index (χ4v) is 12.9. The van der Waals surface area contributed by atoms with Crippen LogP contribution in [-0.2, 0) is 75.4 Å². The van der Waals surface area contributed by atoms with Crippen molar-refractivity contribution in [2.75, 3.05) is 52.5 Å². The van der Waals surface area contributed by atoms with E-state index in [-0.39, 0.29) is 67.4 Å². The van der Waals surface area contributed by atoms with Crippen LogP contribution in [0.1, 0.15) is 140 Å².